The number of amides is 2. The average Bonchev–Trinajstić information content (AvgIpc) is 3.10. The van der Waals surface area contributed by atoms with Crippen LogP contribution in [0.5, 0.6) is 0 Å². The molecular weight excluding hydrogens is 407 g/mol. The zero-order chi connectivity index (χ0) is 21.4. The van der Waals surface area contributed by atoms with Crippen LogP contribution < -0.4 is 16.6 Å². The first-order valence-corrected chi connectivity index (χ1v) is 10.6. The number of nitrogens with one attached hydrogen (secondary N) is 1. The molecule has 3 N–H and O–H groups in total. The van der Waals surface area contributed by atoms with E-state index in [0.717, 1.165) is 42.1 Å². The number of aromatic nitrogens is 2. The molecule has 0 atom stereocenters. The zero-order valence-corrected chi connectivity index (χ0v) is 17.3. The molecule has 0 radical (unpaired) electrons. The Labute approximate surface area is 175 Å². The van der Waals surface area contributed by atoms with Gasteiger partial charge in [0.05, 0.1) is 11.7 Å². The first kappa shape index (κ1) is 20.2. The van der Waals surface area contributed by atoms with E-state index in [4.69, 9.17) is 5.73 Å². The van der Waals surface area contributed by atoms with Crippen molar-refractivity contribution in [2.45, 2.75) is 45.6 Å². The number of anilines is 1. The van der Waals surface area contributed by atoms with Crippen molar-refractivity contribution < 1.29 is 14.0 Å². The van der Waals surface area contributed by atoms with Crippen molar-refractivity contribution in [2.24, 2.45) is 5.73 Å². The number of thiophene rings is 1. The minimum Gasteiger partial charge on any atom is -0.366 e. The minimum atomic E-state index is -0.783. The number of fused-ring (bicyclic) bond motifs is 3. The van der Waals surface area contributed by atoms with Gasteiger partial charge in [-0.2, -0.15) is 0 Å². The summed E-state index contributed by atoms with van der Waals surface area (Å²) in [6.45, 7) is 1.65. The highest BCUT2D eigenvalue weighted by Gasteiger charge is 2.20. The maximum Gasteiger partial charge on any atom is 0.262 e. The van der Waals surface area contributed by atoms with E-state index in [1.54, 1.807) is 11.3 Å². The van der Waals surface area contributed by atoms with E-state index >= 15 is 0 Å². The van der Waals surface area contributed by atoms with Crippen molar-refractivity contribution in [1.29, 1.82) is 0 Å². The number of nitrogens with two attached hydrogens (primary N) is 1. The molecule has 2 aromatic heterocycles. The molecule has 4 rings (SSSR count). The van der Waals surface area contributed by atoms with Gasteiger partial charge >= 0.3 is 0 Å². The fourth-order valence-corrected chi connectivity index (χ4v) is 4.95. The summed E-state index contributed by atoms with van der Waals surface area (Å²) < 4.78 is 15.4. The predicted octanol–water partition coefficient (Wildman–Crippen LogP) is 2.91. The summed E-state index contributed by atoms with van der Waals surface area (Å²) in [6, 6.07) is 2.38. The molecule has 1 aliphatic carbocycles. The van der Waals surface area contributed by atoms with Crippen molar-refractivity contribution in [1.82, 2.24) is 9.55 Å². The van der Waals surface area contributed by atoms with Gasteiger partial charge in [-0.3, -0.25) is 19.0 Å². The molecule has 156 valence electrons. The molecule has 9 heteroatoms. The number of primary amides is 1. The number of nitrogens with zero attached hydrogens (tertiary/aromatic N) is 2. The Kier molecular flexibility index (Phi) is 5.38. The van der Waals surface area contributed by atoms with Crippen LogP contribution >= 0.6 is 11.3 Å². The van der Waals surface area contributed by atoms with Crippen molar-refractivity contribution >= 4 is 39.1 Å². The normalized spacial score (nSPS) is 13.3. The highest BCUT2D eigenvalue weighted by Crippen LogP contribution is 2.33. The second-order valence-electron chi connectivity index (χ2n) is 7.43. The third-order valence-electron chi connectivity index (χ3n) is 5.42. The molecule has 1 aromatic carbocycles. The molecular formula is C21H21FN4O3S. The van der Waals surface area contributed by atoms with E-state index in [1.165, 1.54) is 28.8 Å². The standard InChI is InChI=1S/C21H21FN4O3S/c1-11-14(22)8-12(19(23)28)9-15(11)25-17(27)6-7-26-10-24-20-18(21(26)29)13-4-2-3-5-16(13)30-20/h8-10H,2-7H2,1H3,(H2,23,28)(H,25,27). The molecule has 3 aromatic rings. The fraction of sp³-hybridized carbons (Fsp3) is 0.333. The van der Waals surface area contributed by atoms with Crippen molar-refractivity contribution in [3.05, 3.63) is 56.2 Å². The van der Waals surface area contributed by atoms with Crippen molar-refractivity contribution in [3.63, 3.8) is 0 Å². The van der Waals surface area contributed by atoms with E-state index in [9.17, 15) is 18.8 Å². The average molecular weight is 428 g/mol. The maximum atomic E-state index is 14.0. The number of carbonyl (C=O) groups excluding carboxylic acids is 2. The quantitative estimate of drug-likeness (QED) is 0.651. The molecule has 30 heavy (non-hydrogen) atoms. The molecule has 1 aliphatic rings. The number of rotatable bonds is 5. The Morgan fingerprint density at radius 2 is 2.07 bits per heavy atom. The van der Waals surface area contributed by atoms with Gasteiger partial charge in [0.15, 0.2) is 0 Å². The summed E-state index contributed by atoms with van der Waals surface area (Å²) in [4.78, 5) is 43.1. The van der Waals surface area contributed by atoms with Crippen LogP contribution in [0.4, 0.5) is 10.1 Å². The summed E-state index contributed by atoms with van der Waals surface area (Å²) >= 11 is 1.58. The van der Waals surface area contributed by atoms with Gasteiger partial charge in [-0.05, 0) is 50.3 Å². The number of aryl methyl sites for hydroxylation is 3. The third-order valence-corrected chi connectivity index (χ3v) is 6.62. The van der Waals surface area contributed by atoms with Gasteiger partial charge in [-0.1, -0.05) is 0 Å². The van der Waals surface area contributed by atoms with Gasteiger partial charge in [0.25, 0.3) is 5.56 Å². The third kappa shape index (κ3) is 3.72. The second-order valence-corrected chi connectivity index (χ2v) is 8.51. The molecule has 0 saturated heterocycles. The Hall–Kier alpha value is -3.07. The largest absolute Gasteiger partial charge is 0.366 e. The van der Waals surface area contributed by atoms with Gasteiger partial charge in [0, 0.05) is 34.7 Å². The van der Waals surface area contributed by atoms with Crippen LogP contribution in [-0.4, -0.2) is 21.4 Å². The smallest absolute Gasteiger partial charge is 0.262 e. The number of hydrogen-bond acceptors (Lipinski definition) is 5. The van der Waals surface area contributed by atoms with Crippen LogP contribution in [0.1, 0.15) is 45.6 Å². The maximum absolute atomic E-state index is 14.0. The van der Waals surface area contributed by atoms with Crippen LogP contribution in [-0.2, 0) is 24.2 Å². The summed E-state index contributed by atoms with van der Waals surface area (Å²) in [5, 5.41) is 3.27. The molecule has 0 saturated carbocycles. The van der Waals surface area contributed by atoms with Crippen LogP contribution in [0.25, 0.3) is 10.2 Å². The summed E-state index contributed by atoms with van der Waals surface area (Å²) in [5.74, 6) is -1.82. The van der Waals surface area contributed by atoms with Crippen LogP contribution in [0, 0.1) is 12.7 Å². The summed E-state index contributed by atoms with van der Waals surface area (Å²) in [5.41, 5.74) is 6.54. The first-order chi connectivity index (χ1) is 14.3. The number of halogens is 1. The number of carbonyl (C=O) groups is 2. The fourth-order valence-electron chi connectivity index (χ4n) is 3.73. The lowest BCUT2D eigenvalue weighted by Crippen LogP contribution is -2.24. The number of hydrogen-bond donors (Lipinski definition) is 2. The second kappa shape index (κ2) is 7.98. The van der Waals surface area contributed by atoms with E-state index in [1.807, 2.05) is 0 Å². The lowest BCUT2D eigenvalue weighted by molar-refractivity contribution is -0.116. The van der Waals surface area contributed by atoms with Gasteiger partial charge in [-0.15, -0.1) is 11.3 Å². The summed E-state index contributed by atoms with van der Waals surface area (Å²) in [7, 11) is 0. The highest BCUT2D eigenvalue weighted by molar-refractivity contribution is 7.18. The first-order valence-electron chi connectivity index (χ1n) is 9.74. The topological polar surface area (TPSA) is 107 Å². The van der Waals surface area contributed by atoms with Gasteiger partial charge < -0.3 is 11.1 Å². The van der Waals surface area contributed by atoms with Crippen molar-refractivity contribution in [2.75, 3.05) is 5.32 Å². The molecule has 2 heterocycles. The Morgan fingerprint density at radius 3 is 2.83 bits per heavy atom. The van der Waals surface area contributed by atoms with Gasteiger partial charge in [-0.25, -0.2) is 9.37 Å². The Morgan fingerprint density at radius 1 is 1.30 bits per heavy atom. The molecule has 7 nitrogen and oxygen atoms in total. The number of benzene rings is 1. The molecule has 2 amide bonds. The van der Waals surface area contributed by atoms with Crippen LogP contribution in [0.2, 0.25) is 0 Å². The van der Waals surface area contributed by atoms with E-state index in [0.29, 0.717) is 5.39 Å². The van der Waals surface area contributed by atoms with Gasteiger partial charge in [0.2, 0.25) is 11.8 Å². The lowest BCUT2D eigenvalue weighted by Gasteiger charge is -2.12. The SMILES string of the molecule is Cc1c(F)cc(C(N)=O)cc1NC(=O)CCn1cnc2sc3c(c2c1=O)CCCC3. The Bertz CT molecular complexity index is 1230. The molecule has 0 unspecified atom stereocenters. The molecule has 0 fully saturated rings. The Balaban J connectivity index is 1.52. The van der Waals surface area contributed by atoms with Crippen LogP contribution in [0.3, 0.4) is 0 Å². The van der Waals surface area contributed by atoms with E-state index in [2.05, 4.69) is 10.3 Å². The van der Waals surface area contributed by atoms with Gasteiger partial charge in [0.1, 0.15) is 10.6 Å². The summed E-state index contributed by atoms with van der Waals surface area (Å²) in [6.07, 6.45) is 5.54. The van der Waals surface area contributed by atoms with Crippen LogP contribution in [0.15, 0.2) is 23.3 Å². The molecule has 0 aliphatic heterocycles. The molecule has 0 bridgehead atoms. The highest BCUT2D eigenvalue weighted by atomic mass is 32.1. The van der Waals surface area contributed by atoms with E-state index < -0.39 is 17.6 Å². The monoisotopic (exact) mass is 428 g/mol. The molecule has 0 spiro atoms. The lowest BCUT2D eigenvalue weighted by atomic mass is 9.97. The van der Waals surface area contributed by atoms with E-state index in [-0.39, 0.29) is 35.3 Å². The van der Waals surface area contributed by atoms with Crippen molar-refractivity contribution in [3.8, 4) is 0 Å². The predicted molar refractivity (Wildman–Crippen MR) is 113 cm³/mol. The minimum absolute atomic E-state index is 0.00127. The zero-order valence-electron chi connectivity index (χ0n) is 16.5.